The molecule has 1 aliphatic heterocycles. The second-order valence-electron chi connectivity index (χ2n) is 5.53. The van der Waals surface area contributed by atoms with E-state index in [1.54, 1.807) is 11.8 Å². The van der Waals surface area contributed by atoms with Gasteiger partial charge in [0, 0.05) is 0 Å². The lowest BCUT2D eigenvalue weighted by atomic mass is 10.1. The molecule has 19 heavy (non-hydrogen) atoms. The van der Waals surface area contributed by atoms with Crippen LogP contribution in [0.2, 0.25) is 0 Å². The Kier molecular flexibility index (Phi) is 4.53. The van der Waals surface area contributed by atoms with E-state index in [1.165, 1.54) is 16.0 Å². The zero-order valence-electron chi connectivity index (χ0n) is 12.1. The zero-order chi connectivity index (χ0) is 14.0. The molecule has 1 aliphatic rings. The molecule has 1 fully saturated rings. The molecule has 2 atom stereocenters. The van der Waals surface area contributed by atoms with E-state index in [0.29, 0.717) is 0 Å². The maximum atomic E-state index is 12.3. The number of thioether (sulfide) groups is 1. The maximum Gasteiger partial charge on any atom is 0.236 e. The van der Waals surface area contributed by atoms with Gasteiger partial charge in [-0.1, -0.05) is 29.8 Å². The van der Waals surface area contributed by atoms with Gasteiger partial charge in [-0.05, 0) is 19.4 Å². The van der Waals surface area contributed by atoms with Crippen LogP contribution in [-0.4, -0.2) is 43.2 Å². The van der Waals surface area contributed by atoms with Crippen molar-refractivity contribution in [3.05, 3.63) is 35.4 Å². The lowest BCUT2D eigenvalue weighted by molar-refractivity contribution is -0.857. The van der Waals surface area contributed by atoms with E-state index in [0.717, 1.165) is 13.1 Å². The second-order valence-corrected chi connectivity index (χ2v) is 6.96. The summed E-state index contributed by atoms with van der Waals surface area (Å²) in [5.41, 5.74) is 2.50. The van der Waals surface area contributed by atoms with Crippen LogP contribution in [-0.2, 0) is 4.79 Å². The molecule has 3 nitrogen and oxygen atoms in total. The summed E-state index contributed by atoms with van der Waals surface area (Å²) in [5, 5.41) is 0.255. The zero-order valence-corrected chi connectivity index (χ0v) is 13.0. The Labute approximate surface area is 120 Å². The molecule has 1 aromatic rings. The molecule has 0 bridgehead atoms. The van der Waals surface area contributed by atoms with Gasteiger partial charge in [-0.3, -0.25) is 4.79 Å². The predicted octanol–water partition coefficient (Wildman–Crippen LogP) is 1.10. The van der Waals surface area contributed by atoms with Crippen LogP contribution in [0.15, 0.2) is 24.3 Å². The summed E-state index contributed by atoms with van der Waals surface area (Å²) in [5.74, 6) is 0.275. The van der Waals surface area contributed by atoms with Crippen molar-refractivity contribution < 1.29 is 9.69 Å². The first-order valence-electron chi connectivity index (χ1n) is 6.80. The van der Waals surface area contributed by atoms with Gasteiger partial charge in [0.1, 0.15) is 5.37 Å². The first-order valence-corrected chi connectivity index (χ1v) is 7.75. The molecule has 0 saturated carbocycles. The quantitative estimate of drug-likeness (QED) is 0.893. The van der Waals surface area contributed by atoms with Gasteiger partial charge in [-0.25, -0.2) is 0 Å². The van der Waals surface area contributed by atoms with Crippen LogP contribution in [0, 0.1) is 6.92 Å². The summed E-state index contributed by atoms with van der Waals surface area (Å²) in [6, 6.07) is 8.54. The van der Waals surface area contributed by atoms with Gasteiger partial charge in [0.15, 0.2) is 0 Å². The number of nitrogens with one attached hydrogen (secondary N) is 1. The first kappa shape index (κ1) is 14.4. The molecule has 0 aliphatic carbocycles. The average Bonchev–Trinajstić information content (AvgIpc) is 2.64. The van der Waals surface area contributed by atoms with Crippen LogP contribution < -0.4 is 4.90 Å². The maximum absolute atomic E-state index is 12.3. The Morgan fingerprint density at radius 3 is 2.47 bits per heavy atom. The average molecular weight is 279 g/mol. The number of aryl methyl sites for hydroxylation is 1. The number of nitrogens with zero attached hydrogens (tertiary/aromatic N) is 1. The molecule has 0 spiro atoms. The van der Waals surface area contributed by atoms with Crippen LogP contribution in [0.4, 0.5) is 0 Å². The Morgan fingerprint density at radius 1 is 1.26 bits per heavy atom. The third-order valence-corrected chi connectivity index (χ3v) is 4.86. The Morgan fingerprint density at radius 2 is 1.89 bits per heavy atom. The summed E-state index contributed by atoms with van der Waals surface area (Å²) in [7, 11) is 4.25. The largest absolute Gasteiger partial charge is 0.338 e. The number of likely N-dealkylation sites (N-methyl/N-ethyl adjacent to an activating group) is 1. The molecule has 4 heteroatoms. The molecule has 1 N–H and O–H groups in total. The minimum Gasteiger partial charge on any atom is -0.338 e. The van der Waals surface area contributed by atoms with E-state index in [4.69, 9.17) is 0 Å². The van der Waals surface area contributed by atoms with E-state index >= 15 is 0 Å². The molecular weight excluding hydrogens is 256 g/mol. The SMILES string of the molecule is Cc1ccc([C@@H]2S[C@@H](C)C(=O)N2CC[NH+](C)C)cc1. The van der Waals surface area contributed by atoms with E-state index in [2.05, 4.69) is 45.3 Å². The van der Waals surface area contributed by atoms with Crippen molar-refractivity contribution in [1.82, 2.24) is 4.90 Å². The van der Waals surface area contributed by atoms with Crippen molar-refractivity contribution in [2.75, 3.05) is 27.2 Å². The summed E-state index contributed by atoms with van der Waals surface area (Å²) < 4.78 is 0. The van der Waals surface area contributed by atoms with Gasteiger partial charge >= 0.3 is 0 Å². The monoisotopic (exact) mass is 279 g/mol. The van der Waals surface area contributed by atoms with Crippen LogP contribution in [0.3, 0.4) is 0 Å². The van der Waals surface area contributed by atoms with Crippen LogP contribution in [0.1, 0.15) is 23.4 Å². The summed E-state index contributed by atoms with van der Waals surface area (Å²) in [6.07, 6.45) is 0. The molecule has 0 radical (unpaired) electrons. The molecule has 0 unspecified atom stereocenters. The molecule has 2 rings (SSSR count). The van der Waals surface area contributed by atoms with Gasteiger partial charge in [0.2, 0.25) is 5.91 Å². The molecule has 0 aromatic heterocycles. The lowest BCUT2D eigenvalue weighted by Gasteiger charge is -2.24. The molecular formula is C15H23N2OS+. The smallest absolute Gasteiger partial charge is 0.236 e. The van der Waals surface area contributed by atoms with E-state index in [-0.39, 0.29) is 16.5 Å². The van der Waals surface area contributed by atoms with Crippen LogP contribution >= 0.6 is 11.8 Å². The van der Waals surface area contributed by atoms with Crippen molar-refractivity contribution in [2.45, 2.75) is 24.5 Å². The van der Waals surface area contributed by atoms with Gasteiger partial charge in [0.25, 0.3) is 0 Å². The number of hydrogen-bond acceptors (Lipinski definition) is 2. The molecule has 1 heterocycles. The minimum absolute atomic E-state index is 0.0727. The molecule has 1 aromatic carbocycles. The fourth-order valence-electron chi connectivity index (χ4n) is 2.24. The third kappa shape index (κ3) is 3.31. The highest BCUT2D eigenvalue weighted by Gasteiger charge is 2.38. The fraction of sp³-hybridized carbons (Fsp3) is 0.533. The number of carbonyl (C=O) groups excluding carboxylic acids is 1. The van der Waals surface area contributed by atoms with E-state index in [9.17, 15) is 4.79 Å². The van der Waals surface area contributed by atoms with Crippen LogP contribution in [0.5, 0.6) is 0 Å². The third-order valence-electron chi connectivity index (χ3n) is 3.46. The van der Waals surface area contributed by atoms with Crippen LogP contribution in [0.25, 0.3) is 0 Å². The standard InChI is InChI=1S/C15H22N2OS/c1-11-5-7-13(8-6-11)15-17(10-9-16(3)4)14(18)12(2)19-15/h5-8,12,15H,9-10H2,1-4H3/p+1/t12-,15-/m0/s1. The number of hydrogen-bond donors (Lipinski definition) is 1. The number of carbonyl (C=O) groups is 1. The number of quaternary nitrogens is 1. The van der Waals surface area contributed by atoms with Gasteiger partial charge in [0.05, 0.1) is 32.4 Å². The van der Waals surface area contributed by atoms with Gasteiger partial charge in [-0.2, -0.15) is 0 Å². The Hall–Kier alpha value is -1.00. The molecule has 1 saturated heterocycles. The second kappa shape index (κ2) is 5.97. The van der Waals surface area contributed by atoms with Gasteiger partial charge < -0.3 is 9.80 Å². The summed E-state index contributed by atoms with van der Waals surface area (Å²) >= 11 is 1.76. The summed E-state index contributed by atoms with van der Waals surface area (Å²) in [4.78, 5) is 15.7. The van der Waals surface area contributed by atoms with E-state index in [1.807, 2.05) is 11.8 Å². The number of amides is 1. The highest BCUT2D eigenvalue weighted by molar-refractivity contribution is 8.01. The number of benzene rings is 1. The number of rotatable bonds is 4. The minimum atomic E-state index is 0.0727. The highest BCUT2D eigenvalue weighted by Crippen LogP contribution is 2.42. The molecule has 1 amide bonds. The highest BCUT2D eigenvalue weighted by atomic mass is 32.2. The van der Waals surface area contributed by atoms with Crippen molar-refractivity contribution >= 4 is 17.7 Å². The predicted molar refractivity (Wildman–Crippen MR) is 80.4 cm³/mol. The van der Waals surface area contributed by atoms with Crippen molar-refractivity contribution in [1.29, 1.82) is 0 Å². The Balaban J connectivity index is 2.17. The van der Waals surface area contributed by atoms with Crippen molar-refractivity contribution in [3.8, 4) is 0 Å². The first-order chi connectivity index (χ1) is 8.99. The normalized spacial score (nSPS) is 23.4. The lowest BCUT2D eigenvalue weighted by Crippen LogP contribution is -3.06. The van der Waals surface area contributed by atoms with Crippen molar-refractivity contribution in [3.63, 3.8) is 0 Å². The van der Waals surface area contributed by atoms with Crippen molar-refractivity contribution in [2.24, 2.45) is 0 Å². The summed E-state index contributed by atoms with van der Waals surface area (Å²) in [6.45, 7) is 5.92. The topological polar surface area (TPSA) is 24.8 Å². The molecule has 104 valence electrons. The van der Waals surface area contributed by atoms with Gasteiger partial charge in [-0.15, -0.1) is 11.8 Å². The Bertz CT molecular complexity index is 444. The fourth-order valence-corrected chi connectivity index (χ4v) is 3.54. The van der Waals surface area contributed by atoms with E-state index < -0.39 is 0 Å².